The van der Waals surface area contributed by atoms with Gasteiger partial charge in [0, 0.05) is 5.56 Å². The number of para-hydroxylation sites is 2. The molecular weight excluding hydrogens is 322 g/mol. The fourth-order valence-electron chi connectivity index (χ4n) is 2.54. The van der Waals surface area contributed by atoms with Crippen molar-refractivity contribution in [3.05, 3.63) is 60.4 Å². The quantitative estimate of drug-likeness (QED) is 0.770. The number of hydrogen-bond donors (Lipinski definition) is 1. The lowest BCUT2D eigenvalue weighted by atomic mass is 10.2. The number of tetrazole rings is 1. The molecule has 8 heteroatoms. The van der Waals surface area contributed by atoms with Gasteiger partial charge in [-0.3, -0.25) is 4.79 Å². The van der Waals surface area contributed by atoms with Crippen molar-refractivity contribution in [2.75, 3.05) is 13.2 Å². The van der Waals surface area contributed by atoms with Crippen molar-refractivity contribution in [2.45, 2.75) is 6.10 Å². The first-order valence-corrected chi connectivity index (χ1v) is 7.80. The number of hydrogen-bond acceptors (Lipinski definition) is 6. The average molecular weight is 337 g/mol. The van der Waals surface area contributed by atoms with Gasteiger partial charge in [0.1, 0.15) is 19.0 Å². The normalized spacial score (nSPS) is 15.6. The first kappa shape index (κ1) is 15.1. The van der Waals surface area contributed by atoms with E-state index in [1.165, 1.54) is 11.0 Å². The Morgan fingerprint density at radius 3 is 2.92 bits per heavy atom. The van der Waals surface area contributed by atoms with Gasteiger partial charge >= 0.3 is 0 Å². The third-order valence-corrected chi connectivity index (χ3v) is 3.78. The molecule has 1 aliphatic heterocycles. The highest BCUT2D eigenvalue weighted by Crippen LogP contribution is 2.30. The number of aromatic nitrogens is 4. The van der Waals surface area contributed by atoms with E-state index in [0.29, 0.717) is 30.2 Å². The molecule has 3 aromatic rings. The van der Waals surface area contributed by atoms with Crippen LogP contribution in [0.15, 0.2) is 54.9 Å². The molecule has 25 heavy (non-hydrogen) atoms. The topological polar surface area (TPSA) is 91.2 Å². The molecule has 1 aromatic heterocycles. The highest BCUT2D eigenvalue weighted by atomic mass is 16.6. The Hall–Kier alpha value is -3.42. The molecule has 1 amide bonds. The SMILES string of the molecule is O=C(NC[C@@H]1COc2ccccc2O1)c1cccc(-n2cnnn2)c1. The lowest BCUT2D eigenvalue weighted by molar-refractivity contribution is 0.0789. The lowest BCUT2D eigenvalue weighted by Gasteiger charge is -2.26. The minimum Gasteiger partial charge on any atom is -0.486 e. The van der Waals surface area contributed by atoms with Crippen LogP contribution in [-0.2, 0) is 0 Å². The van der Waals surface area contributed by atoms with Crippen LogP contribution in [0.5, 0.6) is 11.5 Å². The molecule has 0 spiro atoms. The minimum atomic E-state index is -0.235. The van der Waals surface area contributed by atoms with Crippen LogP contribution in [0.25, 0.3) is 5.69 Å². The van der Waals surface area contributed by atoms with E-state index in [1.54, 1.807) is 18.2 Å². The van der Waals surface area contributed by atoms with Crippen LogP contribution in [0.3, 0.4) is 0 Å². The molecule has 0 radical (unpaired) electrons. The van der Waals surface area contributed by atoms with Crippen molar-refractivity contribution >= 4 is 5.91 Å². The van der Waals surface area contributed by atoms with Crippen molar-refractivity contribution in [1.82, 2.24) is 25.5 Å². The first-order valence-electron chi connectivity index (χ1n) is 7.80. The predicted octanol–water partition coefficient (Wildman–Crippen LogP) is 1.23. The van der Waals surface area contributed by atoms with E-state index >= 15 is 0 Å². The smallest absolute Gasteiger partial charge is 0.251 e. The maximum Gasteiger partial charge on any atom is 0.251 e. The zero-order valence-corrected chi connectivity index (χ0v) is 13.2. The third-order valence-electron chi connectivity index (χ3n) is 3.78. The van der Waals surface area contributed by atoms with Gasteiger partial charge in [0.2, 0.25) is 0 Å². The van der Waals surface area contributed by atoms with Crippen LogP contribution in [-0.4, -0.2) is 45.4 Å². The highest BCUT2D eigenvalue weighted by molar-refractivity contribution is 5.94. The summed E-state index contributed by atoms with van der Waals surface area (Å²) in [5, 5.41) is 13.9. The van der Waals surface area contributed by atoms with Gasteiger partial charge in [-0.25, -0.2) is 4.68 Å². The van der Waals surface area contributed by atoms with Gasteiger partial charge in [0.05, 0.1) is 12.2 Å². The summed E-state index contributed by atoms with van der Waals surface area (Å²) in [7, 11) is 0. The Balaban J connectivity index is 1.39. The molecule has 0 bridgehead atoms. The fraction of sp³-hybridized carbons (Fsp3) is 0.176. The first-order chi connectivity index (χ1) is 12.3. The van der Waals surface area contributed by atoms with E-state index in [2.05, 4.69) is 20.8 Å². The Bertz CT molecular complexity index is 882. The molecule has 0 unspecified atom stereocenters. The van der Waals surface area contributed by atoms with E-state index in [4.69, 9.17) is 9.47 Å². The van der Waals surface area contributed by atoms with Crippen molar-refractivity contribution in [2.24, 2.45) is 0 Å². The Labute approximate surface area is 143 Å². The number of rotatable bonds is 4. The Kier molecular flexibility index (Phi) is 3.99. The van der Waals surface area contributed by atoms with Gasteiger partial charge in [0.25, 0.3) is 5.91 Å². The van der Waals surface area contributed by atoms with Gasteiger partial charge in [-0.2, -0.15) is 0 Å². The summed E-state index contributed by atoms with van der Waals surface area (Å²) in [6.07, 6.45) is 1.24. The number of nitrogens with zero attached hydrogens (tertiary/aromatic N) is 4. The van der Waals surface area contributed by atoms with Crippen LogP contribution in [0.2, 0.25) is 0 Å². The van der Waals surface area contributed by atoms with Gasteiger partial charge in [-0.15, -0.1) is 5.10 Å². The standard InChI is InChI=1S/C17H15N5O3/c23-17(12-4-3-5-13(8-12)22-11-19-20-21-22)18-9-14-10-24-15-6-1-2-7-16(15)25-14/h1-8,11,14H,9-10H2,(H,18,23)/t14-/m1/s1. The van der Waals surface area contributed by atoms with Gasteiger partial charge < -0.3 is 14.8 Å². The number of carbonyl (C=O) groups excluding carboxylic acids is 1. The highest BCUT2D eigenvalue weighted by Gasteiger charge is 2.21. The molecule has 0 saturated heterocycles. The lowest BCUT2D eigenvalue weighted by Crippen LogP contribution is -2.40. The van der Waals surface area contributed by atoms with Crippen LogP contribution in [0.1, 0.15) is 10.4 Å². The summed E-state index contributed by atoms with van der Waals surface area (Å²) < 4.78 is 13.0. The molecule has 1 N–H and O–H groups in total. The van der Waals surface area contributed by atoms with Crippen LogP contribution >= 0.6 is 0 Å². The molecule has 0 fully saturated rings. The number of ether oxygens (including phenoxy) is 2. The maximum absolute atomic E-state index is 12.4. The molecule has 1 aliphatic rings. The van der Waals surface area contributed by atoms with E-state index in [1.807, 2.05) is 30.3 Å². The summed E-state index contributed by atoms with van der Waals surface area (Å²) in [6, 6.07) is 14.5. The van der Waals surface area contributed by atoms with Crippen molar-refractivity contribution < 1.29 is 14.3 Å². The molecule has 0 saturated carbocycles. The second-order valence-electron chi connectivity index (χ2n) is 5.51. The summed E-state index contributed by atoms with van der Waals surface area (Å²) in [6.45, 7) is 0.740. The zero-order valence-electron chi connectivity index (χ0n) is 13.2. The Morgan fingerprint density at radius 2 is 2.08 bits per heavy atom. The van der Waals surface area contributed by atoms with E-state index in [9.17, 15) is 4.79 Å². The third kappa shape index (κ3) is 3.27. The molecule has 0 aliphatic carbocycles. The van der Waals surface area contributed by atoms with E-state index < -0.39 is 0 Å². The molecule has 2 heterocycles. The molecule has 4 rings (SSSR count). The number of benzene rings is 2. The van der Waals surface area contributed by atoms with Gasteiger partial charge in [0.15, 0.2) is 11.5 Å². The number of amides is 1. The summed E-state index contributed by atoms with van der Waals surface area (Å²) >= 11 is 0. The molecule has 126 valence electrons. The summed E-state index contributed by atoms with van der Waals surface area (Å²) in [5.74, 6) is 1.21. The zero-order chi connectivity index (χ0) is 17.1. The van der Waals surface area contributed by atoms with Crippen molar-refractivity contribution in [3.8, 4) is 17.2 Å². The average Bonchev–Trinajstić information content (AvgIpc) is 3.21. The van der Waals surface area contributed by atoms with E-state index in [-0.39, 0.29) is 12.0 Å². The Morgan fingerprint density at radius 1 is 1.20 bits per heavy atom. The minimum absolute atomic E-state index is 0.197. The largest absolute Gasteiger partial charge is 0.486 e. The summed E-state index contributed by atoms with van der Waals surface area (Å²) in [5.41, 5.74) is 1.23. The second kappa shape index (κ2) is 6.60. The molecule has 8 nitrogen and oxygen atoms in total. The van der Waals surface area contributed by atoms with Crippen LogP contribution < -0.4 is 14.8 Å². The maximum atomic E-state index is 12.4. The van der Waals surface area contributed by atoms with Crippen molar-refractivity contribution in [3.63, 3.8) is 0 Å². The fourth-order valence-corrected chi connectivity index (χ4v) is 2.54. The molecule has 1 atom stereocenters. The van der Waals surface area contributed by atoms with Crippen molar-refractivity contribution in [1.29, 1.82) is 0 Å². The van der Waals surface area contributed by atoms with E-state index in [0.717, 1.165) is 5.75 Å². The second-order valence-corrected chi connectivity index (χ2v) is 5.51. The van der Waals surface area contributed by atoms with Gasteiger partial charge in [-0.1, -0.05) is 18.2 Å². The molecular formula is C17H15N5O3. The monoisotopic (exact) mass is 337 g/mol. The molecule has 2 aromatic carbocycles. The van der Waals surface area contributed by atoms with Crippen LogP contribution in [0, 0.1) is 0 Å². The predicted molar refractivity (Wildman–Crippen MR) is 87.8 cm³/mol. The number of nitrogens with one attached hydrogen (secondary N) is 1. The van der Waals surface area contributed by atoms with Crippen LogP contribution in [0.4, 0.5) is 0 Å². The van der Waals surface area contributed by atoms with Gasteiger partial charge in [-0.05, 0) is 40.8 Å². The number of carbonyl (C=O) groups is 1. The number of fused-ring (bicyclic) bond motifs is 1. The summed E-state index contributed by atoms with van der Waals surface area (Å²) in [4.78, 5) is 12.4.